The van der Waals surface area contributed by atoms with Crippen LogP contribution in [0.2, 0.25) is 0 Å². The number of pyridine rings is 2. The monoisotopic (exact) mass is 546 g/mol. The zero-order chi connectivity index (χ0) is 28.1. The highest BCUT2D eigenvalue weighted by Gasteiger charge is 2.44. The van der Waals surface area contributed by atoms with E-state index >= 15 is 0 Å². The molecule has 11 nitrogen and oxygen atoms in total. The molecular formula is C30H30N10O. The van der Waals surface area contributed by atoms with Crippen molar-refractivity contribution in [1.29, 1.82) is 5.26 Å². The van der Waals surface area contributed by atoms with Crippen molar-refractivity contribution in [2.75, 3.05) is 25.1 Å². The van der Waals surface area contributed by atoms with Gasteiger partial charge in [-0.25, -0.2) is 19.5 Å². The van der Waals surface area contributed by atoms with Crippen LogP contribution >= 0.6 is 0 Å². The molecule has 2 unspecified atom stereocenters. The predicted molar refractivity (Wildman–Crippen MR) is 153 cm³/mol. The Morgan fingerprint density at radius 3 is 2.49 bits per heavy atom. The van der Waals surface area contributed by atoms with Gasteiger partial charge in [0.15, 0.2) is 0 Å². The molecule has 5 aromatic rings. The molecule has 8 heterocycles. The second-order valence-corrected chi connectivity index (χ2v) is 11.0. The van der Waals surface area contributed by atoms with Crippen LogP contribution in [0, 0.1) is 11.3 Å². The van der Waals surface area contributed by atoms with Gasteiger partial charge in [-0.15, -0.1) is 0 Å². The summed E-state index contributed by atoms with van der Waals surface area (Å²) in [6, 6.07) is 11.6. The van der Waals surface area contributed by atoms with Crippen LogP contribution in [0.1, 0.15) is 37.4 Å². The standard InChI is InChI=1S/C30H30N10O/c1-19(2)39-15-23(13-34-39)26-18-40-30(22(9-31)12-35-40)29(36-26)21-5-6-27(32-11-21)37-16-24-8-25(17-37)38(24)14-20-4-7-28(41-3)33-10-20/h4-7,10-13,15,18-19,24-25H,8,14,16-17H2,1-3H3. The van der Waals surface area contributed by atoms with Crippen molar-refractivity contribution in [3.8, 4) is 34.5 Å². The summed E-state index contributed by atoms with van der Waals surface area (Å²) in [5.74, 6) is 1.59. The molecule has 0 saturated carbocycles. The van der Waals surface area contributed by atoms with Crippen molar-refractivity contribution in [1.82, 2.24) is 39.2 Å². The summed E-state index contributed by atoms with van der Waals surface area (Å²) in [5.41, 5.74) is 5.49. The van der Waals surface area contributed by atoms with Crippen molar-refractivity contribution >= 4 is 11.3 Å². The molecule has 0 aromatic carbocycles. The molecule has 3 aliphatic rings. The van der Waals surface area contributed by atoms with E-state index in [4.69, 9.17) is 14.7 Å². The number of hydrogen-bond donors (Lipinski definition) is 0. The van der Waals surface area contributed by atoms with Crippen LogP contribution in [-0.2, 0) is 6.54 Å². The summed E-state index contributed by atoms with van der Waals surface area (Å²) in [6.45, 7) is 6.94. The van der Waals surface area contributed by atoms with Crippen LogP contribution in [0.25, 0.3) is 28.0 Å². The van der Waals surface area contributed by atoms with Crippen LogP contribution in [0.3, 0.4) is 0 Å². The van der Waals surface area contributed by atoms with E-state index in [-0.39, 0.29) is 6.04 Å². The molecule has 0 aliphatic carbocycles. The Morgan fingerprint density at radius 2 is 1.83 bits per heavy atom. The third-order valence-electron chi connectivity index (χ3n) is 8.11. The lowest BCUT2D eigenvalue weighted by atomic mass is 9.87. The first kappa shape index (κ1) is 25.2. The number of fused-ring (bicyclic) bond motifs is 3. The number of piperazine rings is 1. The first-order valence-corrected chi connectivity index (χ1v) is 13.8. The second-order valence-electron chi connectivity index (χ2n) is 11.0. The lowest BCUT2D eigenvalue weighted by Gasteiger charge is -2.56. The number of nitrogens with zero attached hydrogens (tertiary/aromatic N) is 10. The minimum absolute atomic E-state index is 0.242. The van der Waals surface area contributed by atoms with E-state index in [0.717, 1.165) is 42.3 Å². The van der Waals surface area contributed by atoms with E-state index in [1.807, 2.05) is 47.8 Å². The normalized spacial score (nSPS) is 18.5. The van der Waals surface area contributed by atoms with Crippen molar-refractivity contribution in [2.24, 2.45) is 0 Å². The van der Waals surface area contributed by atoms with Gasteiger partial charge in [0.2, 0.25) is 5.88 Å². The zero-order valence-electron chi connectivity index (χ0n) is 23.2. The van der Waals surface area contributed by atoms with E-state index in [0.29, 0.717) is 34.7 Å². The van der Waals surface area contributed by atoms with Crippen molar-refractivity contribution in [3.63, 3.8) is 0 Å². The van der Waals surface area contributed by atoms with Gasteiger partial charge in [0, 0.05) is 73.5 Å². The highest BCUT2D eigenvalue weighted by atomic mass is 16.5. The minimum atomic E-state index is 0.242. The van der Waals surface area contributed by atoms with E-state index in [2.05, 4.69) is 57.0 Å². The zero-order valence-corrected chi connectivity index (χ0v) is 23.2. The molecule has 3 saturated heterocycles. The Labute approximate surface area is 237 Å². The number of rotatable bonds is 7. The molecule has 8 rings (SSSR count). The molecule has 0 radical (unpaired) electrons. The lowest BCUT2D eigenvalue weighted by molar-refractivity contribution is -0.00876. The molecule has 0 spiro atoms. The quantitative estimate of drug-likeness (QED) is 0.299. The van der Waals surface area contributed by atoms with Gasteiger partial charge in [-0.2, -0.15) is 15.5 Å². The largest absolute Gasteiger partial charge is 0.481 e. The van der Waals surface area contributed by atoms with Gasteiger partial charge in [0.1, 0.15) is 23.0 Å². The van der Waals surface area contributed by atoms with E-state index in [1.54, 1.807) is 17.8 Å². The summed E-state index contributed by atoms with van der Waals surface area (Å²) in [4.78, 5) is 19.1. The second kappa shape index (κ2) is 9.98. The van der Waals surface area contributed by atoms with Gasteiger partial charge in [-0.1, -0.05) is 6.07 Å². The number of anilines is 1. The molecule has 2 bridgehead atoms. The van der Waals surface area contributed by atoms with Gasteiger partial charge >= 0.3 is 0 Å². The number of methoxy groups -OCH3 is 1. The summed E-state index contributed by atoms with van der Waals surface area (Å²) in [5, 5.41) is 18.7. The van der Waals surface area contributed by atoms with Gasteiger partial charge in [-0.05, 0) is 38.0 Å². The Balaban J connectivity index is 1.13. The van der Waals surface area contributed by atoms with Gasteiger partial charge in [0.05, 0.1) is 37.1 Å². The smallest absolute Gasteiger partial charge is 0.212 e. The lowest BCUT2D eigenvalue weighted by Crippen LogP contribution is -2.68. The summed E-state index contributed by atoms with van der Waals surface area (Å²) >= 11 is 0. The minimum Gasteiger partial charge on any atom is -0.481 e. The highest BCUT2D eigenvalue weighted by Crippen LogP contribution is 2.36. The van der Waals surface area contributed by atoms with E-state index in [9.17, 15) is 5.26 Å². The molecule has 206 valence electrons. The van der Waals surface area contributed by atoms with Gasteiger partial charge in [0.25, 0.3) is 0 Å². The fourth-order valence-electron chi connectivity index (χ4n) is 5.87. The highest BCUT2D eigenvalue weighted by molar-refractivity contribution is 5.83. The summed E-state index contributed by atoms with van der Waals surface area (Å²) < 4.78 is 8.81. The van der Waals surface area contributed by atoms with Crippen LogP contribution in [-0.4, -0.2) is 71.5 Å². The third kappa shape index (κ3) is 4.46. The fraction of sp³-hybridized carbons (Fsp3) is 0.333. The van der Waals surface area contributed by atoms with Crippen LogP contribution < -0.4 is 9.64 Å². The average Bonchev–Trinajstić information content (AvgIpc) is 3.68. The van der Waals surface area contributed by atoms with Crippen molar-refractivity contribution in [3.05, 3.63) is 72.6 Å². The van der Waals surface area contributed by atoms with E-state index < -0.39 is 0 Å². The van der Waals surface area contributed by atoms with Crippen LogP contribution in [0.4, 0.5) is 5.82 Å². The maximum Gasteiger partial charge on any atom is 0.212 e. The van der Waals surface area contributed by atoms with Crippen LogP contribution in [0.15, 0.2) is 61.4 Å². The van der Waals surface area contributed by atoms with Gasteiger partial charge < -0.3 is 9.64 Å². The molecule has 0 amide bonds. The Morgan fingerprint density at radius 1 is 0.976 bits per heavy atom. The maximum atomic E-state index is 9.75. The van der Waals surface area contributed by atoms with E-state index in [1.165, 1.54) is 12.0 Å². The number of nitriles is 1. The van der Waals surface area contributed by atoms with Crippen LogP contribution in [0.5, 0.6) is 5.88 Å². The topological polar surface area (TPSA) is 113 Å². The van der Waals surface area contributed by atoms with Gasteiger partial charge in [-0.3, -0.25) is 9.58 Å². The Hall–Kier alpha value is -4.82. The average molecular weight is 547 g/mol. The molecular weight excluding hydrogens is 516 g/mol. The molecule has 2 atom stereocenters. The first-order valence-electron chi connectivity index (χ1n) is 13.8. The fourth-order valence-corrected chi connectivity index (χ4v) is 5.87. The Bertz CT molecular complexity index is 1740. The number of aromatic nitrogens is 7. The van der Waals surface area contributed by atoms with Crippen molar-refractivity contribution in [2.45, 2.75) is 44.9 Å². The first-order chi connectivity index (χ1) is 20.0. The third-order valence-corrected chi connectivity index (χ3v) is 8.11. The summed E-state index contributed by atoms with van der Waals surface area (Å²) in [7, 11) is 1.64. The molecule has 0 N–H and O–H groups in total. The molecule has 41 heavy (non-hydrogen) atoms. The summed E-state index contributed by atoms with van der Waals surface area (Å²) in [6.07, 6.45) is 12.2. The number of ether oxygens (including phenoxy) is 1. The Kier molecular flexibility index (Phi) is 6.12. The number of piperidine rings is 1. The SMILES string of the molecule is COc1ccc(CN2C3CC2CN(c2ccc(-c4nc(-c5cnn(C(C)C)c5)cn5ncc(C#N)c45)cn2)C3)cn1. The molecule has 3 aliphatic heterocycles. The maximum absolute atomic E-state index is 9.75. The number of hydrogen-bond acceptors (Lipinski definition) is 9. The molecule has 3 fully saturated rings. The molecule has 5 aromatic heterocycles. The predicted octanol–water partition coefficient (Wildman–Crippen LogP) is 3.97. The van der Waals surface area contributed by atoms with Crippen molar-refractivity contribution < 1.29 is 4.74 Å². The molecule has 11 heteroatoms.